The van der Waals surface area contributed by atoms with Crippen LogP contribution in [0.2, 0.25) is 0 Å². The summed E-state index contributed by atoms with van der Waals surface area (Å²) in [5, 5.41) is 0. The van der Waals surface area contributed by atoms with Gasteiger partial charge in [-0.2, -0.15) is 0 Å². The third-order valence-electron chi connectivity index (χ3n) is 0.862. The van der Waals surface area contributed by atoms with Gasteiger partial charge in [0.15, 0.2) is 0 Å². The van der Waals surface area contributed by atoms with Crippen molar-refractivity contribution in [3.05, 3.63) is 0 Å². The zero-order valence-electron chi connectivity index (χ0n) is 8.26. The summed E-state index contributed by atoms with van der Waals surface area (Å²) in [6, 6.07) is 0. The summed E-state index contributed by atoms with van der Waals surface area (Å²) in [6.07, 6.45) is 0. The molecule has 0 saturated carbocycles. The molecule has 93 valence electrons. The Labute approximate surface area is 114 Å². The van der Waals surface area contributed by atoms with Crippen LogP contribution in [-0.2, 0) is 26.6 Å². The van der Waals surface area contributed by atoms with Crippen molar-refractivity contribution in [2.24, 2.45) is 0 Å². The maximum absolute atomic E-state index is 11.3. The van der Waals surface area contributed by atoms with Gasteiger partial charge in [-0.25, -0.2) is 4.57 Å². The Hall–Kier alpha value is 2.09. The van der Waals surface area contributed by atoms with E-state index in [1.54, 1.807) is 29.2 Å². The molecule has 0 bridgehead atoms. The van der Waals surface area contributed by atoms with E-state index in [1.807, 2.05) is 0 Å². The number of phosphoric ester groups is 1. The minimum atomic E-state index is -3.22. The van der Waals surface area contributed by atoms with Gasteiger partial charge in [0.1, 0.15) is 0 Å². The zero-order chi connectivity index (χ0) is 11.4. The van der Waals surface area contributed by atoms with Crippen LogP contribution in [0.1, 0.15) is 20.8 Å². The Morgan fingerprint density at radius 3 is 1.36 bits per heavy atom. The standard InChI is InChI=1S/C6H15O4P.Cu.2HI/c1-4-8-11(7,9-5-2)10-6-3;;;/h4-6H2,1-3H3;;2*1H/q;+2;;/p-2. The molecule has 0 amide bonds. The summed E-state index contributed by atoms with van der Waals surface area (Å²) in [4.78, 5) is 0. The second-order valence-electron chi connectivity index (χ2n) is 1.74. The molecule has 0 rings (SSSR count). The first kappa shape index (κ1) is 18.5. The van der Waals surface area contributed by atoms with Crippen LogP contribution < -0.4 is 0 Å². The first-order valence-corrected chi connectivity index (χ1v) is 11.5. The van der Waals surface area contributed by atoms with Gasteiger partial charge < -0.3 is 0 Å². The molecule has 0 spiro atoms. The normalized spacial score (nSPS) is 10.9. The topological polar surface area (TPSA) is 44.8 Å². The van der Waals surface area contributed by atoms with Gasteiger partial charge in [0.05, 0.1) is 19.8 Å². The van der Waals surface area contributed by atoms with E-state index < -0.39 is 7.82 Å². The molecule has 14 heavy (non-hydrogen) atoms. The third-order valence-corrected chi connectivity index (χ3v) is 2.58. The van der Waals surface area contributed by atoms with Crippen molar-refractivity contribution in [1.82, 2.24) is 0 Å². The monoisotopic (exact) mass is 499 g/mol. The van der Waals surface area contributed by atoms with Crippen molar-refractivity contribution in [1.29, 1.82) is 0 Å². The molecular formula is C6H15CuI2O4P. The predicted molar refractivity (Wildman–Crippen MR) is 70.5 cm³/mol. The van der Waals surface area contributed by atoms with Crippen LogP contribution in [-0.4, -0.2) is 19.8 Å². The Bertz CT molecular complexity index is 137. The molecule has 0 fully saturated rings. The molecule has 0 aromatic rings. The van der Waals surface area contributed by atoms with Gasteiger partial charge in [0.25, 0.3) is 0 Å². The van der Waals surface area contributed by atoms with Gasteiger partial charge >= 0.3 is 57.0 Å². The molecule has 8 heteroatoms. The van der Waals surface area contributed by atoms with E-state index in [2.05, 4.69) is 40.7 Å². The average molecular weight is 500 g/mol. The fourth-order valence-electron chi connectivity index (χ4n) is 0.586. The van der Waals surface area contributed by atoms with Crippen molar-refractivity contribution in [3.63, 3.8) is 0 Å². The number of hydrogen-bond acceptors (Lipinski definition) is 4. The van der Waals surface area contributed by atoms with Crippen LogP contribution >= 0.6 is 48.5 Å². The molecule has 0 aromatic heterocycles. The number of phosphoric acid groups is 1. The molecule has 0 aromatic carbocycles. The number of rotatable bonds is 6. The molecule has 0 unspecified atom stereocenters. The van der Waals surface area contributed by atoms with E-state index in [4.69, 9.17) is 13.6 Å². The summed E-state index contributed by atoms with van der Waals surface area (Å²) in [5.41, 5.74) is 0. The Kier molecular flexibility index (Phi) is 17.3. The van der Waals surface area contributed by atoms with Gasteiger partial charge in [0, 0.05) is 0 Å². The van der Waals surface area contributed by atoms with Gasteiger partial charge in [-0.3, -0.25) is 13.6 Å². The van der Waals surface area contributed by atoms with Gasteiger partial charge in [-0.15, -0.1) is 0 Å². The quantitative estimate of drug-likeness (QED) is 0.315. The van der Waals surface area contributed by atoms with Crippen molar-refractivity contribution in [2.45, 2.75) is 20.8 Å². The molecule has 0 radical (unpaired) electrons. The zero-order valence-corrected chi connectivity index (χ0v) is 14.4. The molecule has 0 aliphatic rings. The van der Waals surface area contributed by atoms with Crippen LogP contribution in [0.4, 0.5) is 0 Å². The average Bonchev–Trinajstić information content (AvgIpc) is 2.06. The van der Waals surface area contributed by atoms with Crippen molar-refractivity contribution in [2.75, 3.05) is 19.8 Å². The molecule has 0 aliphatic carbocycles. The van der Waals surface area contributed by atoms with Crippen molar-refractivity contribution >= 4 is 48.5 Å². The van der Waals surface area contributed by atoms with Crippen LogP contribution in [0.25, 0.3) is 0 Å². The summed E-state index contributed by atoms with van der Waals surface area (Å²) in [7, 11) is -1.47. The van der Waals surface area contributed by atoms with Crippen LogP contribution in [0.15, 0.2) is 0 Å². The summed E-state index contributed by atoms with van der Waals surface area (Å²) >= 11 is 4.36. The molecule has 0 heterocycles. The summed E-state index contributed by atoms with van der Waals surface area (Å²) in [6.45, 7) is 6.21. The summed E-state index contributed by atoms with van der Waals surface area (Å²) in [5.74, 6) is 0. The molecule has 0 saturated heterocycles. The Balaban J connectivity index is 0. The number of hydrogen-bond donors (Lipinski definition) is 0. The predicted octanol–water partition coefficient (Wildman–Crippen LogP) is 3.97. The van der Waals surface area contributed by atoms with Gasteiger partial charge in [0.2, 0.25) is 0 Å². The van der Waals surface area contributed by atoms with Crippen molar-refractivity contribution < 1.29 is 26.6 Å². The Morgan fingerprint density at radius 2 is 1.21 bits per heavy atom. The third kappa shape index (κ3) is 12.2. The van der Waals surface area contributed by atoms with Gasteiger partial charge in [-0.1, -0.05) is 0 Å². The number of halogens is 2. The molecule has 0 aliphatic heterocycles. The first-order valence-electron chi connectivity index (χ1n) is 3.95. The van der Waals surface area contributed by atoms with Crippen molar-refractivity contribution in [3.8, 4) is 0 Å². The summed E-state index contributed by atoms with van der Waals surface area (Å²) < 4.78 is 25.8. The van der Waals surface area contributed by atoms with Crippen LogP contribution in [0.5, 0.6) is 0 Å². The first-order chi connectivity index (χ1) is 6.60. The van der Waals surface area contributed by atoms with Gasteiger partial charge in [-0.05, 0) is 20.8 Å². The maximum atomic E-state index is 11.3. The van der Waals surface area contributed by atoms with E-state index in [1.165, 1.54) is 0 Å². The van der Waals surface area contributed by atoms with E-state index in [-0.39, 0.29) is 0 Å². The molecule has 0 atom stereocenters. The second kappa shape index (κ2) is 13.2. The minimum absolute atomic E-state index is 0.331. The SMILES string of the molecule is CCOP(=O)(OCC)OCC.[I][Cu][I]. The van der Waals surface area contributed by atoms with Crippen LogP contribution in [0, 0.1) is 0 Å². The Morgan fingerprint density at radius 1 is 1.00 bits per heavy atom. The van der Waals surface area contributed by atoms with Crippen LogP contribution in [0.3, 0.4) is 0 Å². The van der Waals surface area contributed by atoms with E-state index in [9.17, 15) is 4.57 Å². The molecule has 4 nitrogen and oxygen atoms in total. The molecule has 0 N–H and O–H groups in total. The fraction of sp³-hybridized carbons (Fsp3) is 1.00. The van der Waals surface area contributed by atoms with E-state index in [0.717, 1.165) is 0 Å². The van der Waals surface area contributed by atoms with E-state index >= 15 is 0 Å². The second-order valence-corrected chi connectivity index (χ2v) is 11.4. The molecular weight excluding hydrogens is 484 g/mol. The fourth-order valence-corrected chi connectivity index (χ4v) is 1.76. The van der Waals surface area contributed by atoms with E-state index in [0.29, 0.717) is 19.8 Å².